The standard InChI is InChI=1S/C28H40N4O5S.C27H39N5O5S.C22H30N4O3S.C6H12O3/c1-6-7-12-37-16-23(34)31-25(28(3,4)5)27(36)32-15-21(33)13-22(32)26(35)29-14-19-8-10-20(11-9-19)24-18(2)30-17-38-24;1-17-23(38-16-30-17)19-7-5-18(6-8-19)14-29-25(35)21-13-20(33)15-32(21)26(36)24(27(2,3)4)31-22(34)9-11-37-12-10-28;1-13-18(30-12-25-13)15-7-5-14(6-8-15)10-24-20(28)17-9-16(27)11-26(17)21(29)19(23)22(2,3)4;1-2-4-9-5-3-6(7)8/h8-11,17,21-22,25,33H,6-7,12-16H2,1-5H3,(H,29,35)(H,31,34);5-8,16,20-21,24,33H,9-15,28H2,1-4H3,(H,29,35)(H,31,34);5-8,12,16-17,19,27H,9-11,23H2,1-4H3,(H,24,28);2-5H2,1H3,(H,7,8)/t21-,22+,25-;20-,21+,24-;16-,17+,19-;/m111./s1. The molecule has 0 aliphatic carbocycles. The van der Waals surface area contributed by atoms with E-state index in [1.165, 1.54) is 14.7 Å². The SMILES string of the molecule is CCCCOCC(=O)N[C@H](C(=O)N1C[C@H](O)C[C@H]1C(=O)NCc1ccc(-c2scnc2C)cc1)C(C)(C)C.CCCOCCC(=O)O.Cc1ncsc1-c1ccc(CNC(=O)[C@@H]2C[C@@H](O)CN2C(=O)[C@@H](N)C(C)(C)C)cc1.Cc1ncsc1-c1ccc(CNC(=O)[C@@H]2C[C@@H](O)CN2C(=O)[C@@H](NC(=O)CCOCCN)C(C)(C)C)cc1. The number of aryl methyl sites for hydroxylation is 3. The molecule has 6 aromatic rings. The van der Waals surface area contributed by atoms with E-state index in [4.69, 9.17) is 30.8 Å². The molecular formula is C83H121N13O16S3. The summed E-state index contributed by atoms with van der Waals surface area (Å²) in [6.07, 6.45) is 1.11. The van der Waals surface area contributed by atoms with Gasteiger partial charge < -0.3 is 87.4 Å². The van der Waals surface area contributed by atoms with E-state index in [2.05, 4.69) is 41.5 Å². The van der Waals surface area contributed by atoms with Crippen LogP contribution in [0.15, 0.2) is 89.3 Å². The van der Waals surface area contributed by atoms with Crippen LogP contribution in [0.2, 0.25) is 0 Å². The maximum absolute atomic E-state index is 13.6. The molecule has 13 N–H and O–H groups in total. The van der Waals surface area contributed by atoms with Crippen LogP contribution in [0.1, 0.15) is 161 Å². The van der Waals surface area contributed by atoms with Crippen molar-refractivity contribution in [3.63, 3.8) is 0 Å². The van der Waals surface area contributed by atoms with Gasteiger partial charge >= 0.3 is 5.97 Å². The normalized spacial score (nSPS) is 18.1. The largest absolute Gasteiger partial charge is 0.481 e. The molecule has 3 aliphatic heterocycles. The fraction of sp³-hybridized carbons (Fsp3) is 0.566. The van der Waals surface area contributed by atoms with Crippen molar-refractivity contribution >= 4 is 87.2 Å². The number of carboxylic acids is 1. The summed E-state index contributed by atoms with van der Waals surface area (Å²) in [5.74, 6) is -3.54. The highest BCUT2D eigenvalue weighted by atomic mass is 32.1. The van der Waals surface area contributed by atoms with E-state index >= 15 is 0 Å². The van der Waals surface area contributed by atoms with Gasteiger partial charge in [-0.25, -0.2) is 15.0 Å². The Balaban J connectivity index is 0.000000256. The van der Waals surface area contributed by atoms with E-state index in [9.17, 15) is 58.5 Å². The van der Waals surface area contributed by atoms with Gasteiger partial charge in [-0.3, -0.25) is 43.2 Å². The number of ether oxygens (including phenoxy) is 3. The molecule has 3 aromatic carbocycles. The van der Waals surface area contributed by atoms with E-state index in [1.807, 2.05) is 186 Å². The number of aliphatic carboxylic acids is 1. The molecule has 0 saturated carbocycles. The van der Waals surface area contributed by atoms with Gasteiger partial charge in [-0.15, -0.1) is 34.0 Å². The number of carboxylic acid groups (broad SMARTS) is 1. The number of carbonyl (C=O) groups excluding carboxylic acids is 8. The van der Waals surface area contributed by atoms with Crippen molar-refractivity contribution in [3.05, 3.63) is 123 Å². The van der Waals surface area contributed by atoms with Gasteiger partial charge in [-0.05, 0) is 83.2 Å². The number of nitrogens with one attached hydrogen (secondary N) is 5. The third kappa shape index (κ3) is 29.9. The Morgan fingerprint density at radius 1 is 0.478 bits per heavy atom. The lowest BCUT2D eigenvalue weighted by atomic mass is 9.85. The van der Waals surface area contributed by atoms with Gasteiger partial charge in [0.15, 0.2) is 0 Å². The Hall–Kier alpha value is -8.54. The average molecular weight is 1650 g/mol. The summed E-state index contributed by atoms with van der Waals surface area (Å²) < 4.78 is 15.6. The van der Waals surface area contributed by atoms with Gasteiger partial charge in [0.1, 0.15) is 36.8 Å². The zero-order chi connectivity index (χ0) is 84.9. The molecule has 632 valence electrons. The summed E-state index contributed by atoms with van der Waals surface area (Å²) in [5.41, 5.74) is 24.3. The van der Waals surface area contributed by atoms with Crippen molar-refractivity contribution in [1.82, 2.24) is 56.2 Å². The van der Waals surface area contributed by atoms with Crippen LogP contribution in [-0.2, 0) is 77.0 Å². The van der Waals surface area contributed by atoms with Crippen LogP contribution < -0.4 is 38.1 Å². The number of hydrogen-bond donors (Lipinski definition) is 11. The fourth-order valence-corrected chi connectivity index (χ4v) is 15.1. The van der Waals surface area contributed by atoms with E-state index < -0.39 is 82.7 Å². The summed E-state index contributed by atoms with van der Waals surface area (Å²) in [5, 5.41) is 53.2. The molecule has 3 aromatic heterocycles. The number of likely N-dealkylation sites (tertiary alicyclic amines) is 3. The first-order valence-electron chi connectivity index (χ1n) is 39.1. The monoisotopic (exact) mass is 1650 g/mol. The van der Waals surface area contributed by atoms with Gasteiger partial charge in [0, 0.05) is 84.7 Å². The van der Waals surface area contributed by atoms with E-state index in [1.54, 1.807) is 34.0 Å². The smallest absolute Gasteiger partial charge is 0.305 e. The van der Waals surface area contributed by atoms with Crippen LogP contribution >= 0.6 is 34.0 Å². The number of aliphatic hydroxyl groups excluding tert-OH is 3. The van der Waals surface area contributed by atoms with Gasteiger partial charge in [-0.1, -0.05) is 155 Å². The Kier molecular flexibility index (Phi) is 38.0. The number of amides is 8. The number of hydrogen-bond acceptors (Lipinski definition) is 23. The first-order chi connectivity index (χ1) is 54.4. The predicted octanol–water partition coefficient (Wildman–Crippen LogP) is 7.59. The number of carbonyl (C=O) groups is 9. The molecule has 29 nitrogen and oxygen atoms in total. The molecule has 9 rings (SSSR count). The fourth-order valence-electron chi connectivity index (χ4n) is 12.7. The predicted molar refractivity (Wildman–Crippen MR) is 445 cm³/mol. The molecule has 3 aliphatic rings. The van der Waals surface area contributed by atoms with Crippen LogP contribution in [-0.4, -0.2) is 224 Å². The minimum absolute atomic E-state index is 0.0296. The summed E-state index contributed by atoms with van der Waals surface area (Å²) in [6.45, 7) is 30.1. The van der Waals surface area contributed by atoms with Crippen LogP contribution in [0, 0.1) is 37.0 Å². The van der Waals surface area contributed by atoms with Gasteiger partial charge in [-0.2, -0.15) is 0 Å². The molecule has 0 bridgehead atoms. The van der Waals surface area contributed by atoms with E-state index in [-0.39, 0.29) is 113 Å². The molecule has 0 radical (unpaired) electrons. The maximum Gasteiger partial charge on any atom is 0.305 e. The van der Waals surface area contributed by atoms with Crippen LogP contribution in [0.25, 0.3) is 31.3 Å². The van der Waals surface area contributed by atoms with Crippen LogP contribution in [0.3, 0.4) is 0 Å². The quantitative estimate of drug-likeness (QED) is 0.0181. The van der Waals surface area contributed by atoms with Crippen molar-refractivity contribution in [3.8, 4) is 31.3 Å². The minimum Gasteiger partial charge on any atom is -0.481 e. The number of nitrogens with two attached hydrogens (primary N) is 2. The number of β-amino-alcohol motifs (C(OH)–C–C–N with tert-alkyl or cyclic N) is 3. The number of aromatic nitrogens is 3. The summed E-state index contributed by atoms with van der Waals surface area (Å²) in [4.78, 5) is 134. The zero-order valence-corrected chi connectivity index (χ0v) is 71.4. The molecule has 9 atom stereocenters. The molecule has 3 fully saturated rings. The Morgan fingerprint density at radius 3 is 1.14 bits per heavy atom. The second-order valence-electron chi connectivity index (χ2n) is 32.1. The number of nitrogens with zero attached hydrogens (tertiary/aromatic N) is 6. The Labute approximate surface area is 687 Å². The Morgan fingerprint density at radius 2 is 0.826 bits per heavy atom. The first-order valence-corrected chi connectivity index (χ1v) is 41.8. The van der Waals surface area contributed by atoms with Crippen LogP contribution in [0.4, 0.5) is 0 Å². The highest BCUT2D eigenvalue weighted by Crippen LogP contribution is 2.33. The Bertz CT molecular complexity index is 3930. The third-order valence-electron chi connectivity index (χ3n) is 19.3. The van der Waals surface area contributed by atoms with Crippen LogP contribution in [0.5, 0.6) is 0 Å². The number of thiazole rings is 3. The summed E-state index contributed by atoms with van der Waals surface area (Å²) in [6, 6.07) is 18.9. The zero-order valence-electron chi connectivity index (χ0n) is 69.0. The molecule has 6 heterocycles. The number of rotatable bonds is 32. The second kappa shape index (κ2) is 45.8. The van der Waals surface area contributed by atoms with Crippen molar-refractivity contribution in [1.29, 1.82) is 0 Å². The second-order valence-corrected chi connectivity index (χ2v) is 34.7. The van der Waals surface area contributed by atoms with Crippen molar-refractivity contribution < 1.29 is 77.8 Å². The van der Waals surface area contributed by atoms with Gasteiger partial charge in [0.25, 0.3) is 0 Å². The van der Waals surface area contributed by atoms with Crippen molar-refractivity contribution in [2.24, 2.45) is 27.7 Å². The highest BCUT2D eigenvalue weighted by molar-refractivity contribution is 7.14. The molecule has 32 heteroatoms. The molecule has 3 saturated heterocycles. The summed E-state index contributed by atoms with van der Waals surface area (Å²) in [7, 11) is 0. The lowest BCUT2D eigenvalue weighted by Crippen LogP contribution is -2.58. The van der Waals surface area contributed by atoms with Crippen molar-refractivity contribution in [2.45, 2.75) is 222 Å². The molecule has 0 unspecified atom stereocenters. The minimum atomic E-state index is -0.868. The lowest BCUT2D eigenvalue weighted by molar-refractivity contribution is -0.144. The topological polar surface area (TPSA) is 423 Å². The maximum atomic E-state index is 13.6. The van der Waals surface area contributed by atoms with Crippen molar-refractivity contribution in [2.75, 3.05) is 65.8 Å². The average Bonchev–Trinajstić information content (AvgIpc) is 1.70. The van der Waals surface area contributed by atoms with E-state index in [0.29, 0.717) is 46.1 Å². The summed E-state index contributed by atoms with van der Waals surface area (Å²) >= 11 is 4.76. The third-order valence-corrected chi connectivity index (χ3v) is 22.3. The van der Waals surface area contributed by atoms with Gasteiger partial charge in [0.05, 0.1) is 98.8 Å². The van der Waals surface area contributed by atoms with Gasteiger partial charge in [0.2, 0.25) is 47.3 Å². The molecule has 115 heavy (non-hydrogen) atoms. The molecular weight excluding hydrogens is 1530 g/mol. The lowest BCUT2D eigenvalue weighted by Gasteiger charge is -2.35. The molecule has 8 amide bonds. The number of aliphatic hydroxyl groups is 3. The number of unbranched alkanes of at least 4 members (excludes halogenated alkanes) is 1. The first kappa shape index (κ1) is 95.3. The van der Waals surface area contributed by atoms with E-state index in [0.717, 1.165) is 84.4 Å². The number of benzene rings is 3. The highest BCUT2D eigenvalue weighted by Gasteiger charge is 2.47. The molecule has 0 spiro atoms.